The van der Waals surface area contributed by atoms with Gasteiger partial charge in [0, 0.05) is 31.9 Å². The Hall–Kier alpha value is -4.12. The van der Waals surface area contributed by atoms with Crippen molar-refractivity contribution >= 4 is 45.1 Å². The minimum absolute atomic E-state index is 0.127. The average molecular weight is 520 g/mol. The van der Waals surface area contributed by atoms with Gasteiger partial charge < -0.3 is 20.1 Å². The van der Waals surface area contributed by atoms with Gasteiger partial charge in [0.05, 0.1) is 22.9 Å². The molecule has 2 N–H and O–H groups in total. The molecule has 0 aliphatic carbocycles. The lowest BCUT2D eigenvalue weighted by Crippen LogP contribution is -2.46. The molecule has 190 valence electrons. The first-order valence-electron chi connectivity index (χ1n) is 12.0. The van der Waals surface area contributed by atoms with E-state index in [-0.39, 0.29) is 17.6 Å². The summed E-state index contributed by atoms with van der Waals surface area (Å²) >= 11 is 1.45. The van der Waals surface area contributed by atoms with Crippen LogP contribution in [-0.4, -0.2) is 55.4 Å². The number of allylic oxidation sites excluding steroid dienone is 1. The fourth-order valence-corrected chi connectivity index (χ4v) is 5.18. The van der Waals surface area contributed by atoms with E-state index < -0.39 is 6.04 Å². The number of carbonyl (C=O) groups excluding carboxylic acids is 2. The molecule has 0 saturated carbocycles. The number of nitrogens with zero attached hydrogens (tertiary/aromatic N) is 5. The van der Waals surface area contributed by atoms with Gasteiger partial charge in [-0.2, -0.15) is 0 Å². The molecule has 1 atom stereocenters. The Kier molecular flexibility index (Phi) is 7.22. The molecule has 11 heteroatoms. The zero-order valence-electron chi connectivity index (χ0n) is 20.2. The highest BCUT2D eigenvalue weighted by atomic mass is 32.1. The van der Waals surface area contributed by atoms with Crippen LogP contribution in [0.15, 0.2) is 61.2 Å². The molecule has 1 unspecified atom stereocenters. The molecule has 37 heavy (non-hydrogen) atoms. The number of thiazole rings is 1. The van der Waals surface area contributed by atoms with Gasteiger partial charge in [-0.15, -0.1) is 0 Å². The highest BCUT2D eigenvalue weighted by Crippen LogP contribution is 2.30. The fourth-order valence-electron chi connectivity index (χ4n) is 4.36. The first-order chi connectivity index (χ1) is 18.0. The third kappa shape index (κ3) is 5.51. The van der Waals surface area contributed by atoms with E-state index in [0.717, 1.165) is 27.9 Å². The summed E-state index contributed by atoms with van der Waals surface area (Å²) in [4.78, 5) is 40.8. The molecule has 0 spiro atoms. The van der Waals surface area contributed by atoms with Crippen molar-refractivity contribution < 1.29 is 14.0 Å². The Bertz CT molecular complexity index is 1450. The molecule has 5 rings (SSSR count). The number of pyridine rings is 1. The number of amides is 2. The normalized spacial score (nSPS) is 15.5. The molecule has 1 aliphatic rings. The number of benzene rings is 1. The standard InChI is InChI=1S/C26H26FN7O2S/c1-2-4-24(35)34-11-3-5-20(34)25(36)28-10-12-33-16-31-19-14-29-23(13-21(19)33)32-26-30-15-22(37-26)17-6-8-18(27)9-7-17/h2,4,6-9,13-16,20H,3,5,10-12H2,1H3,(H,28,36)(H,29,30,32)/b4-2-. The topological polar surface area (TPSA) is 105 Å². The number of anilines is 2. The van der Waals surface area contributed by atoms with E-state index in [9.17, 15) is 14.0 Å². The van der Waals surface area contributed by atoms with Crippen LogP contribution >= 0.6 is 11.3 Å². The van der Waals surface area contributed by atoms with Gasteiger partial charge in [0.2, 0.25) is 11.8 Å². The first-order valence-corrected chi connectivity index (χ1v) is 12.8. The van der Waals surface area contributed by atoms with Gasteiger partial charge in [0.1, 0.15) is 23.2 Å². The van der Waals surface area contributed by atoms with Crippen LogP contribution in [0.5, 0.6) is 0 Å². The number of fused-ring (bicyclic) bond motifs is 1. The van der Waals surface area contributed by atoms with Crippen molar-refractivity contribution in [2.75, 3.05) is 18.4 Å². The van der Waals surface area contributed by atoms with E-state index in [1.165, 1.54) is 29.5 Å². The number of nitrogens with one attached hydrogen (secondary N) is 2. The number of rotatable bonds is 8. The maximum atomic E-state index is 13.2. The van der Waals surface area contributed by atoms with Gasteiger partial charge in [0.15, 0.2) is 5.13 Å². The molecule has 1 aromatic carbocycles. The number of likely N-dealkylation sites (tertiary alicyclic amines) is 1. The van der Waals surface area contributed by atoms with Crippen molar-refractivity contribution in [1.82, 2.24) is 29.7 Å². The molecule has 9 nitrogen and oxygen atoms in total. The Balaban J connectivity index is 1.22. The predicted molar refractivity (Wildman–Crippen MR) is 141 cm³/mol. The van der Waals surface area contributed by atoms with E-state index in [1.54, 1.807) is 48.8 Å². The molecular weight excluding hydrogens is 493 g/mol. The predicted octanol–water partition coefficient (Wildman–Crippen LogP) is 4.12. The van der Waals surface area contributed by atoms with Gasteiger partial charge in [-0.05, 0) is 43.5 Å². The number of imidazole rings is 1. The molecular formula is C26H26FN7O2S. The number of hydrogen-bond acceptors (Lipinski definition) is 7. The van der Waals surface area contributed by atoms with Crippen LogP contribution in [0.4, 0.5) is 15.3 Å². The van der Waals surface area contributed by atoms with Crippen LogP contribution in [0.1, 0.15) is 19.8 Å². The monoisotopic (exact) mass is 519 g/mol. The van der Waals surface area contributed by atoms with E-state index >= 15 is 0 Å². The van der Waals surface area contributed by atoms with E-state index in [1.807, 2.05) is 10.6 Å². The lowest BCUT2D eigenvalue weighted by Gasteiger charge is -2.22. The van der Waals surface area contributed by atoms with Gasteiger partial charge in [0.25, 0.3) is 0 Å². The summed E-state index contributed by atoms with van der Waals surface area (Å²) in [6, 6.07) is 7.75. The molecule has 1 saturated heterocycles. The maximum absolute atomic E-state index is 13.2. The Morgan fingerprint density at radius 1 is 1.19 bits per heavy atom. The highest BCUT2D eigenvalue weighted by Gasteiger charge is 2.32. The summed E-state index contributed by atoms with van der Waals surface area (Å²) in [5.41, 5.74) is 2.50. The zero-order valence-corrected chi connectivity index (χ0v) is 21.0. The fraction of sp³-hybridized carbons (Fsp3) is 0.269. The van der Waals surface area contributed by atoms with Crippen molar-refractivity contribution in [3.05, 3.63) is 67.0 Å². The molecule has 1 fully saturated rings. The van der Waals surface area contributed by atoms with E-state index in [0.29, 0.717) is 37.0 Å². The minimum atomic E-state index is -0.429. The van der Waals surface area contributed by atoms with Crippen LogP contribution in [0.3, 0.4) is 0 Å². The summed E-state index contributed by atoms with van der Waals surface area (Å²) < 4.78 is 15.2. The first kappa shape index (κ1) is 24.6. The molecule has 0 radical (unpaired) electrons. The average Bonchev–Trinajstić information content (AvgIpc) is 3.65. The second-order valence-corrected chi connectivity index (χ2v) is 9.67. The van der Waals surface area contributed by atoms with E-state index in [2.05, 4.69) is 25.6 Å². The van der Waals surface area contributed by atoms with Crippen LogP contribution in [0, 0.1) is 5.82 Å². The van der Waals surface area contributed by atoms with E-state index in [4.69, 9.17) is 0 Å². The minimum Gasteiger partial charge on any atom is -0.353 e. The largest absolute Gasteiger partial charge is 0.353 e. The zero-order chi connectivity index (χ0) is 25.8. The second-order valence-electron chi connectivity index (χ2n) is 8.64. The SMILES string of the molecule is C/C=C\C(=O)N1CCCC1C(=O)NCCn1cnc2cnc(Nc3ncc(-c4ccc(F)cc4)s3)cc21. The summed E-state index contributed by atoms with van der Waals surface area (Å²) in [6.45, 7) is 3.32. The van der Waals surface area contributed by atoms with Gasteiger partial charge in [-0.1, -0.05) is 29.5 Å². The lowest BCUT2D eigenvalue weighted by atomic mass is 10.2. The lowest BCUT2D eigenvalue weighted by molar-refractivity contribution is -0.135. The molecule has 4 heterocycles. The Labute approximate surface area is 217 Å². The quantitative estimate of drug-likeness (QED) is 0.339. The number of carbonyl (C=O) groups is 2. The second kappa shape index (κ2) is 10.9. The van der Waals surface area contributed by atoms with Crippen LogP contribution in [0.25, 0.3) is 21.5 Å². The highest BCUT2D eigenvalue weighted by molar-refractivity contribution is 7.18. The number of hydrogen-bond donors (Lipinski definition) is 2. The van der Waals surface area contributed by atoms with Crippen LogP contribution < -0.4 is 10.6 Å². The number of halogens is 1. The summed E-state index contributed by atoms with van der Waals surface area (Å²) in [5.74, 6) is 0.0745. The molecule has 0 bridgehead atoms. The van der Waals surface area contributed by atoms with Crippen molar-refractivity contribution in [3.63, 3.8) is 0 Å². The molecule has 1 aliphatic heterocycles. The van der Waals surface area contributed by atoms with Crippen molar-refractivity contribution in [2.24, 2.45) is 0 Å². The third-order valence-corrected chi connectivity index (χ3v) is 7.14. The molecule has 2 amide bonds. The van der Waals surface area contributed by atoms with Gasteiger partial charge in [-0.25, -0.2) is 19.3 Å². The van der Waals surface area contributed by atoms with Crippen molar-refractivity contribution in [3.8, 4) is 10.4 Å². The van der Waals surface area contributed by atoms with Gasteiger partial charge in [-0.3, -0.25) is 9.59 Å². The van der Waals surface area contributed by atoms with Gasteiger partial charge >= 0.3 is 0 Å². The molecule has 4 aromatic rings. The maximum Gasteiger partial charge on any atom is 0.246 e. The van der Waals surface area contributed by atoms with Crippen molar-refractivity contribution in [2.45, 2.75) is 32.4 Å². The third-order valence-electron chi connectivity index (χ3n) is 6.18. The molecule has 3 aromatic heterocycles. The van der Waals surface area contributed by atoms with Crippen LogP contribution in [-0.2, 0) is 16.1 Å². The van der Waals surface area contributed by atoms with Crippen molar-refractivity contribution in [1.29, 1.82) is 0 Å². The smallest absolute Gasteiger partial charge is 0.246 e. The summed E-state index contributed by atoms with van der Waals surface area (Å²) in [6.07, 6.45) is 9.82. The summed E-state index contributed by atoms with van der Waals surface area (Å²) in [7, 11) is 0. The van der Waals surface area contributed by atoms with Crippen LogP contribution in [0.2, 0.25) is 0 Å². The Morgan fingerprint density at radius 3 is 2.84 bits per heavy atom. The Morgan fingerprint density at radius 2 is 2.03 bits per heavy atom. The number of aromatic nitrogens is 4. The summed E-state index contributed by atoms with van der Waals surface area (Å²) in [5, 5.41) is 6.85.